The van der Waals surface area contributed by atoms with Crippen LogP contribution in [0.1, 0.15) is 5.69 Å². The topological polar surface area (TPSA) is 112 Å². The van der Waals surface area contributed by atoms with Crippen LogP contribution in [0.2, 0.25) is 5.02 Å². The first-order valence-corrected chi connectivity index (χ1v) is 11.7. The van der Waals surface area contributed by atoms with Crippen LogP contribution in [0, 0.1) is 17.0 Å². The molecule has 1 N–H and O–H groups in total. The Kier molecular flexibility index (Phi) is 6.53. The van der Waals surface area contributed by atoms with Crippen LogP contribution in [0.5, 0.6) is 11.5 Å². The molecule has 0 saturated heterocycles. The second-order valence-corrected chi connectivity index (χ2v) is 8.68. The number of ether oxygens (including phenoxy) is 1. The van der Waals surface area contributed by atoms with Crippen molar-refractivity contribution in [1.82, 2.24) is 14.8 Å². The molecule has 2 aromatic heterocycles. The number of carbonyl (C=O) groups is 1. The molecule has 184 valence electrons. The Morgan fingerprint density at radius 1 is 1.05 bits per heavy atom. The van der Waals surface area contributed by atoms with Crippen LogP contribution < -0.4 is 10.1 Å². The largest absolute Gasteiger partial charge is 0.457 e. The van der Waals surface area contributed by atoms with Crippen molar-refractivity contribution in [3.05, 3.63) is 106 Å². The standard InChI is InChI=1S/C27H20ClN5O4/c1-17-26-24(18-5-3-2-4-6-18)11-12-29-27(26)32(31-17)16-25(34)30-20-13-21(33(35)36)15-23(14-20)37-22-9-7-19(28)8-10-22/h2-15H,16H2,1H3,(H,30,34). The number of rotatable bonds is 7. The predicted octanol–water partition coefficient (Wildman–Crippen LogP) is 6.40. The number of halogens is 1. The summed E-state index contributed by atoms with van der Waals surface area (Å²) in [5.74, 6) is 0.219. The van der Waals surface area contributed by atoms with Crippen molar-refractivity contribution >= 4 is 39.9 Å². The van der Waals surface area contributed by atoms with Gasteiger partial charge in [-0.3, -0.25) is 14.9 Å². The first kappa shape index (κ1) is 24.0. The van der Waals surface area contributed by atoms with Crippen molar-refractivity contribution in [3.63, 3.8) is 0 Å². The van der Waals surface area contributed by atoms with Gasteiger partial charge in [-0.05, 0) is 48.4 Å². The summed E-state index contributed by atoms with van der Waals surface area (Å²) in [6.45, 7) is 1.73. The zero-order valence-electron chi connectivity index (χ0n) is 19.6. The van der Waals surface area contributed by atoms with Gasteiger partial charge in [-0.25, -0.2) is 9.67 Å². The molecule has 5 rings (SSSR count). The van der Waals surface area contributed by atoms with Gasteiger partial charge >= 0.3 is 0 Å². The summed E-state index contributed by atoms with van der Waals surface area (Å²) in [4.78, 5) is 28.3. The maximum absolute atomic E-state index is 13.0. The second kappa shape index (κ2) is 10.1. The highest BCUT2D eigenvalue weighted by atomic mass is 35.5. The number of aromatic nitrogens is 3. The highest BCUT2D eigenvalue weighted by Crippen LogP contribution is 2.31. The highest BCUT2D eigenvalue weighted by Gasteiger charge is 2.17. The molecule has 0 aliphatic rings. The van der Waals surface area contributed by atoms with Gasteiger partial charge in [-0.1, -0.05) is 41.9 Å². The number of anilines is 1. The number of nitro groups is 1. The highest BCUT2D eigenvalue weighted by molar-refractivity contribution is 6.30. The molecule has 0 unspecified atom stereocenters. The van der Waals surface area contributed by atoms with E-state index in [-0.39, 0.29) is 23.7 Å². The number of non-ortho nitro benzene ring substituents is 1. The number of nitrogens with zero attached hydrogens (tertiary/aromatic N) is 4. The third kappa shape index (κ3) is 5.26. The Hall–Kier alpha value is -4.76. The van der Waals surface area contributed by atoms with Gasteiger partial charge in [0.15, 0.2) is 5.65 Å². The maximum atomic E-state index is 13.0. The fourth-order valence-electron chi connectivity index (χ4n) is 4.05. The minimum atomic E-state index is -0.552. The van der Waals surface area contributed by atoms with Crippen LogP contribution >= 0.6 is 11.6 Å². The number of nitro benzene ring substituents is 1. The lowest BCUT2D eigenvalue weighted by molar-refractivity contribution is -0.384. The van der Waals surface area contributed by atoms with Gasteiger partial charge in [0.05, 0.1) is 22.4 Å². The molecule has 37 heavy (non-hydrogen) atoms. The first-order chi connectivity index (χ1) is 17.9. The fraction of sp³-hybridized carbons (Fsp3) is 0.0741. The summed E-state index contributed by atoms with van der Waals surface area (Å²) < 4.78 is 7.26. The Morgan fingerprint density at radius 3 is 2.54 bits per heavy atom. The Morgan fingerprint density at radius 2 is 1.81 bits per heavy atom. The molecule has 0 spiro atoms. The van der Waals surface area contributed by atoms with Crippen LogP contribution in [0.4, 0.5) is 11.4 Å². The molecule has 0 aliphatic heterocycles. The molecule has 0 bridgehead atoms. The minimum absolute atomic E-state index is 0.133. The van der Waals surface area contributed by atoms with Crippen molar-refractivity contribution in [2.24, 2.45) is 0 Å². The van der Waals surface area contributed by atoms with E-state index in [1.165, 1.54) is 22.9 Å². The summed E-state index contributed by atoms with van der Waals surface area (Å²) in [6, 6.07) is 22.4. The zero-order chi connectivity index (χ0) is 25.9. The van der Waals surface area contributed by atoms with Crippen molar-refractivity contribution in [3.8, 4) is 22.6 Å². The number of aryl methyl sites for hydroxylation is 1. The van der Waals surface area contributed by atoms with Gasteiger partial charge < -0.3 is 10.1 Å². The lowest BCUT2D eigenvalue weighted by Crippen LogP contribution is -2.20. The molecule has 0 radical (unpaired) electrons. The first-order valence-electron chi connectivity index (χ1n) is 11.3. The van der Waals surface area contributed by atoms with E-state index < -0.39 is 10.8 Å². The van der Waals surface area contributed by atoms with Crippen molar-refractivity contribution < 1.29 is 14.5 Å². The van der Waals surface area contributed by atoms with E-state index in [4.69, 9.17) is 16.3 Å². The van der Waals surface area contributed by atoms with E-state index in [9.17, 15) is 14.9 Å². The molecule has 0 aliphatic carbocycles. The van der Waals surface area contributed by atoms with Crippen molar-refractivity contribution in [2.75, 3.05) is 5.32 Å². The number of hydrogen-bond acceptors (Lipinski definition) is 6. The van der Waals surface area contributed by atoms with E-state index in [0.29, 0.717) is 16.4 Å². The third-order valence-electron chi connectivity index (χ3n) is 5.62. The molecular weight excluding hydrogens is 494 g/mol. The fourth-order valence-corrected chi connectivity index (χ4v) is 4.17. The molecule has 0 fully saturated rings. The smallest absolute Gasteiger partial charge is 0.275 e. The number of nitrogens with one attached hydrogen (secondary N) is 1. The summed E-state index contributed by atoms with van der Waals surface area (Å²) in [5, 5.41) is 20.1. The van der Waals surface area contributed by atoms with Crippen LogP contribution in [0.15, 0.2) is 85.1 Å². The molecule has 5 aromatic rings. The molecule has 0 atom stereocenters. The quantitative estimate of drug-likeness (QED) is 0.199. The number of pyridine rings is 1. The van der Waals surface area contributed by atoms with Gasteiger partial charge in [-0.15, -0.1) is 0 Å². The van der Waals surface area contributed by atoms with Crippen LogP contribution in [-0.4, -0.2) is 25.6 Å². The summed E-state index contributed by atoms with van der Waals surface area (Å²) >= 11 is 5.90. The Labute approximate surface area is 216 Å². The number of hydrogen-bond donors (Lipinski definition) is 1. The zero-order valence-corrected chi connectivity index (χ0v) is 20.3. The number of benzene rings is 3. The van der Waals surface area contributed by atoms with E-state index in [1.807, 2.05) is 43.3 Å². The monoisotopic (exact) mass is 513 g/mol. The molecular formula is C27H20ClN5O4. The van der Waals surface area contributed by atoms with Gasteiger partial charge in [0, 0.05) is 28.7 Å². The van der Waals surface area contributed by atoms with Gasteiger partial charge in [0.2, 0.25) is 5.91 Å². The van der Waals surface area contributed by atoms with Crippen LogP contribution in [-0.2, 0) is 11.3 Å². The minimum Gasteiger partial charge on any atom is -0.457 e. The van der Waals surface area contributed by atoms with Crippen molar-refractivity contribution in [2.45, 2.75) is 13.5 Å². The molecule has 10 heteroatoms. The van der Waals surface area contributed by atoms with E-state index in [2.05, 4.69) is 15.4 Å². The van der Waals surface area contributed by atoms with Crippen LogP contribution in [0.25, 0.3) is 22.2 Å². The van der Waals surface area contributed by atoms with E-state index in [0.717, 1.165) is 22.2 Å². The molecule has 9 nitrogen and oxygen atoms in total. The molecule has 3 aromatic carbocycles. The lowest BCUT2D eigenvalue weighted by Gasteiger charge is -2.10. The summed E-state index contributed by atoms with van der Waals surface area (Å²) in [6.07, 6.45) is 1.68. The third-order valence-corrected chi connectivity index (χ3v) is 5.87. The molecule has 0 saturated carbocycles. The summed E-state index contributed by atoms with van der Waals surface area (Å²) in [7, 11) is 0. The Bertz CT molecular complexity index is 1620. The number of fused-ring (bicyclic) bond motifs is 1. The van der Waals surface area contributed by atoms with Crippen LogP contribution in [0.3, 0.4) is 0 Å². The van der Waals surface area contributed by atoms with Gasteiger partial charge in [-0.2, -0.15) is 5.10 Å². The SMILES string of the molecule is Cc1nn(CC(=O)Nc2cc(Oc3ccc(Cl)cc3)cc([N+](=O)[O-])c2)c2nccc(-c3ccccc3)c12. The van der Waals surface area contributed by atoms with E-state index >= 15 is 0 Å². The van der Waals surface area contributed by atoms with Gasteiger partial charge in [0.25, 0.3) is 5.69 Å². The predicted molar refractivity (Wildman–Crippen MR) is 141 cm³/mol. The van der Waals surface area contributed by atoms with Gasteiger partial charge in [0.1, 0.15) is 18.0 Å². The average Bonchev–Trinajstić information content (AvgIpc) is 3.20. The average molecular weight is 514 g/mol. The molecule has 2 heterocycles. The van der Waals surface area contributed by atoms with E-state index in [1.54, 1.807) is 30.5 Å². The molecule has 1 amide bonds. The normalized spacial score (nSPS) is 10.9. The lowest BCUT2D eigenvalue weighted by atomic mass is 10.0. The maximum Gasteiger partial charge on any atom is 0.275 e. The number of carbonyl (C=O) groups excluding carboxylic acids is 1. The number of amides is 1. The second-order valence-electron chi connectivity index (χ2n) is 8.24. The van der Waals surface area contributed by atoms with Crippen molar-refractivity contribution in [1.29, 1.82) is 0 Å². The summed E-state index contributed by atoms with van der Waals surface area (Å²) in [5.41, 5.74) is 3.29. The Balaban J connectivity index is 1.40.